The lowest BCUT2D eigenvalue weighted by Crippen LogP contribution is -2.05. The Hall–Kier alpha value is -1.93. The van der Waals surface area contributed by atoms with E-state index in [1.54, 1.807) is 0 Å². The highest BCUT2D eigenvalue weighted by atomic mass is 32.2. The summed E-state index contributed by atoms with van der Waals surface area (Å²) in [5, 5.41) is 9.29. The summed E-state index contributed by atoms with van der Waals surface area (Å²) < 4.78 is 32.4. The maximum absolute atomic E-state index is 13.4. The van der Waals surface area contributed by atoms with Crippen molar-refractivity contribution in [3.8, 4) is 0 Å². The number of ether oxygens (including phenoxy) is 1. The van der Waals surface area contributed by atoms with Gasteiger partial charge in [-0.3, -0.25) is 4.79 Å². The molecule has 0 aliphatic rings. The van der Waals surface area contributed by atoms with Gasteiger partial charge in [0.15, 0.2) is 0 Å². The average Bonchev–Trinajstić information content (AvgIpc) is 2.94. The molecule has 0 bridgehead atoms. The standard InChI is InChI=1S/C18H22F2N2O3S/c1-10(2)16-18(26-14-8-12(19)7-13(20)9-14)22-17(21-16)11(3)25-6-4-5-15(23)24/h7-11H,4-6H2,1-3H3,(H,21,22)(H,23,24). The van der Waals surface area contributed by atoms with Crippen molar-refractivity contribution in [3.63, 3.8) is 0 Å². The lowest BCUT2D eigenvalue weighted by atomic mass is 10.2. The van der Waals surface area contributed by atoms with Crippen molar-refractivity contribution in [1.82, 2.24) is 9.97 Å². The van der Waals surface area contributed by atoms with Crippen LogP contribution < -0.4 is 0 Å². The zero-order valence-electron chi connectivity index (χ0n) is 14.9. The highest BCUT2D eigenvalue weighted by molar-refractivity contribution is 7.99. The van der Waals surface area contributed by atoms with E-state index in [1.165, 1.54) is 23.9 Å². The van der Waals surface area contributed by atoms with E-state index in [9.17, 15) is 13.6 Å². The second kappa shape index (κ2) is 9.14. The number of carbonyl (C=O) groups is 1. The Labute approximate surface area is 155 Å². The van der Waals surface area contributed by atoms with E-state index in [1.807, 2.05) is 20.8 Å². The van der Waals surface area contributed by atoms with E-state index in [0.717, 1.165) is 11.8 Å². The van der Waals surface area contributed by atoms with Gasteiger partial charge in [-0.05, 0) is 31.4 Å². The Kier molecular flexibility index (Phi) is 7.16. The first kappa shape index (κ1) is 20.4. The van der Waals surface area contributed by atoms with Crippen molar-refractivity contribution < 1.29 is 23.4 Å². The van der Waals surface area contributed by atoms with Crippen LogP contribution in [0.25, 0.3) is 0 Å². The molecule has 0 aliphatic carbocycles. The predicted molar refractivity (Wildman–Crippen MR) is 94.4 cm³/mol. The molecule has 0 fully saturated rings. The fourth-order valence-corrected chi connectivity index (χ4v) is 3.42. The third-order valence-electron chi connectivity index (χ3n) is 3.63. The van der Waals surface area contributed by atoms with Crippen molar-refractivity contribution in [2.24, 2.45) is 0 Å². The van der Waals surface area contributed by atoms with Crippen LogP contribution in [0.3, 0.4) is 0 Å². The Morgan fingerprint density at radius 1 is 1.27 bits per heavy atom. The zero-order valence-corrected chi connectivity index (χ0v) is 15.7. The highest BCUT2D eigenvalue weighted by Crippen LogP contribution is 2.34. The maximum atomic E-state index is 13.4. The fraction of sp³-hybridized carbons (Fsp3) is 0.444. The van der Waals surface area contributed by atoms with Gasteiger partial charge in [-0.15, -0.1) is 0 Å². The van der Waals surface area contributed by atoms with Crippen molar-refractivity contribution in [3.05, 3.63) is 41.4 Å². The Bertz CT molecular complexity index is 745. The first-order chi connectivity index (χ1) is 12.3. The number of imidazole rings is 1. The minimum atomic E-state index is -0.859. The number of aliphatic carboxylic acids is 1. The smallest absolute Gasteiger partial charge is 0.303 e. The van der Waals surface area contributed by atoms with E-state index in [-0.39, 0.29) is 18.4 Å². The van der Waals surface area contributed by atoms with Crippen LogP contribution in [0, 0.1) is 11.6 Å². The first-order valence-corrected chi connectivity index (χ1v) is 9.15. The van der Waals surface area contributed by atoms with Gasteiger partial charge in [0.05, 0.1) is 5.69 Å². The summed E-state index contributed by atoms with van der Waals surface area (Å²) in [6, 6.07) is 3.35. The molecule has 1 atom stereocenters. The molecule has 2 rings (SSSR count). The van der Waals surface area contributed by atoms with Crippen molar-refractivity contribution >= 4 is 17.7 Å². The first-order valence-electron chi connectivity index (χ1n) is 8.33. The van der Waals surface area contributed by atoms with Crippen LogP contribution in [0.4, 0.5) is 8.78 Å². The summed E-state index contributed by atoms with van der Waals surface area (Å²) in [6.45, 7) is 6.11. The van der Waals surface area contributed by atoms with E-state index < -0.39 is 17.6 Å². The normalized spacial score (nSPS) is 12.5. The molecule has 0 aliphatic heterocycles. The topological polar surface area (TPSA) is 75.2 Å². The van der Waals surface area contributed by atoms with E-state index in [0.29, 0.717) is 28.8 Å². The van der Waals surface area contributed by atoms with Crippen LogP contribution in [0.2, 0.25) is 0 Å². The molecule has 1 heterocycles. The van der Waals surface area contributed by atoms with Gasteiger partial charge >= 0.3 is 5.97 Å². The summed E-state index contributed by atoms with van der Waals surface area (Å²) in [6.07, 6.45) is 0.121. The molecule has 1 aromatic heterocycles. The molecule has 2 N–H and O–H groups in total. The summed E-state index contributed by atoms with van der Waals surface area (Å²) in [4.78, 5) is 18.7. The number of hydrogen-bond acceptors (Lipinski definition) is 4. The molecule has 0 saturated carbocycles. The van der Waals surface area contributed by atoms with Gasteiger partial charge in [-0.2, -0.15) is 0 Å². The third kappa shape index (κ3) is 5.81. The molecule has 0 amide bonds. The number of carboxylic acid groups (broad SMARTS) is 1. The van der Waals surface area contributed by atoms with Crippen LogP contribution in [0.1, 0.15) is 57.2 Å². The largest absolute Gasteiger partial charge is 0.481 e. The van der Waals surface area contributed by atoms with Gasteiger partial charge in [0.2, 0.25) is 0 Å². The number of benzene rings is 1. The monoisotopic (exact) mass is 384 g/mol. The number of nitrogens with one attached hydrogen (secondary N) is 1. The molecule has 2 aromatic rings. The number of H-pyrrole nitrogens is 1. The van der Waals surface area contributed by atoms with E-state index >= 15 is 0 Å². The minimum absolute atomic E-state index is 0.0500. The molecule has 0 spiro atoms. The van der Waals surface area contributed by atoms with Gasteiger partial charge < -0.3 is 14.8 Å². The number of nitrogens with zero attached hydrogens (tertiary/aromatic N) is 1. The summed E-state index contributed by atoms with van der Waals surface area (Å²) in [5.74, 6) is -1.39. The zero-order chi connectivity index (χ0) is 19.3. The SMILES string of the molecule is CC(C)c1[nH]c(C(C)OCCCC(=O)O)nc1Sc1cc(F)cc(F)c1. The summed E-state index contributed by atoms with van der Waals surface area (Å²) in [5.41, 5.74) is 0.857. The Morgan fingerprint density at radius 2 is 1.92 bits per heavy atom. The number of halogens is 2. The number of aromatic amines is 1. The van der Waals surface area contributed by atoms with Crippen LogP contribution >= 0.6 is 11.8 Å². The summed E-state index contributed by atoms with van der Waals surface area (Å²) >= 11 is 1.19. The van der Waals surface area contributed by atoms with Crippen LogP contribution in [-0.4, -0.2) is 27.7 Å². The molecule has 142 valence electrons. The van der Waals surface area contributed by atoms with Gasteiger partial charge in [-0.1, -0.05) is 25.6 Å². The van der Waals surface area contributed by atoms with Gasteiger partial charge in [0, 0.05) is 24.0 Å². The predicted octanol–water partition coefficient (Wildman–Crippen LogP) is 4.90. The maximum Gasteiger partial charge on any atom is 0.303 e. The molecular formula is C18H22F2N2O3S. The summed E-state index contributed by atoms with van der Waals surface area (Å²) in [7, 11) is 0. The second-order valence-corrected chi connectivity index (χ2v) is 7.28. The molecule has 5 nitrogen and oxygen atoms in total. The average molecular weight is 384 g/mol. The Balaban J connectivity index is 2.12. The lowest BCUT2D eigenvalue weighted by molar-refractivity contribution is -0.137. The van der Waals surface area contributed by atoms with Crippen LogP contribution in [-0.2, 0) is 9.53 Å². The number of carboxylic acids is 1. The molecule has 0 radical (unpaired) electrons. The number of rotatable bonds is 9. The van der Waals surface area contributed by atoms with Gasteiger partial charge in [-0.25, -0.2) is 13.8 Å². The van der Waals surface area contributed by atoms with Crippen molar-refractivity contribution in [2.45, 2.75) is 55.6 Å². The molecule has 8 heteroatoms. The van der Waals surface area contributed by atoms with Gasteiger partial charge in [0.25, 0.3) is 0 Å². The van der Waals surface area contributed by atoms with Crippen molar-refractivity contribution in [1.29, 1.82) is 0 Å². The molecule has 1 unspecified atom stereocenters. The quantitative estimate of drug-likeness (QED) is 0.601. The van der Waals surface area contributed by atoms with E-state index in [4.69, 9.17) is 9.84 Å². The highest BCUT2D eigenvalue weighted by Gasteiger charge is 2.19. The van der Waals surface area contributed by atoms with E-state index in [2.05, 4.69) is 9.97 Å². The Morgan fingerprint density at radius 3 is 2.50 bits per heavy atom. The molecular weight excluding hydrogens is 362 g/mol. The lowest BCUT2D eigenvalue weighted by Gasteiger charge is -2.10. The van der Waals surface area contributed by atoms with Crippen molar-refractivity contribution in [2.75, 3.05) is 6.61 Å². The fourth-order valence-electron chi connectivity index (χ4n) is 2.31. The van der Waals surface area contributed by atoms with Gasteiger partial charge in [0.1, 0.15) is 28.6 Å². The van der Waals surface area contributed by atoms with Crippen LogP contribution in [0.15, 0.2) is 28.1 Å². The molecule has 26 heavy (non-hydrogen) atoms. The molecule has 1 aromatic carbocycles. The number of aromatic nitrogens is 2. The number of hydrogen-bond donors (Lipinski definition) is 2. The van der Waals surface area contributed by atoms with Crippen LogP contribution in [0.5, 0.6) is 0 Å². The molecule has 0 saturated heterocycles. The second-order valence-electron chi connectivity index (χ2n) is 6.21. The third-order valence-corrected chi connectivity index (χ3v) is 4.61. The minimum Gasteiger partial charge on any atom is -0.481 e.